The molecule has 0 atom stereocenters. The second-order valence-corrected chi connectivity index (χ2v) is 11.3. The number of halogens is 3. The number of aromatic nitrogens is 4. The molecule has 1 fully saturated rings. The summed E-state index contributed by atoms with van der Waals surface area (Å²) in [6.45, 7) is 8.00. The van der Waals surface area contributed by atoms with Crippen molar-refractivity contribution in [2.24, 2.45) is 0 Å². The van der Waals surface area contributed by atoms with E-state index in [4.69, 9.17) is 4.74 Å². The first kappa shape index (κ1) is 31.1. The van der Waals surface area contributed by atoms with Gasteiger partial charge in [0.2, 0.25) is 0 Å². The molecule has 9 nitrogen and oxygen atoms in total. The van der Waals surface area contributed by atoms with Gasteiger partial charge in [-0.25, -0.2) is 4.98 Å². The molecule has 1 aliphatic rings. The maximum absolute atomic E-state index is 14.5. The molecule has 0 unspecified atom stereocenters. The summed E-state index contributed by atoms with van der Waals surface area (Å²) in [7, 11) is 1.51. The largest absolute Gasteiger partial charge is 0.495 e. The Morgan fingerprint density at radius 2 is 1.89 bits per heavy atom. The third-order valence-electron chi connectivity index (χ3n) is 7.12. The van der Waals surface area contributed by atoms with Crippen LogP contribution in [0.5, 0.6) is 5.75 Å². The smallest absolute Gasteiger partial charge is 0.433 e. The average Bonchev–Trinajstić information content (AvgIpc) is 3.51. The Balaban J connectivity index is 1.75. The van der Waals surface area contributed by atoms with Crippen molar-refractivity contribution in [3.8, 4) is 33.3 Å². The number of pyridine rings is 3. The molecule has 0 radical (unpaired) electrons. The van der Waals surface area contributed by atoms with Gasteiger partial charge in [0.05, 0.1) is 47.2 Å². The second-order valence-electron chi connectivity index (χ2n) is 10.4. The van der Waals surface area contributed by atoms with Gasteiger partial charge in [-0.15, -0.1) is 11.3 Å². The fourth-order valence-electron chi connectivity index (χ4n) is 4.93. The lowest BCUT2D eigenvalue weighted by Crippen LogP contribution is -2.47. The van der Waals surface area contributed by atoms with Crippen molar-refractivity contribution in [1.29, 1.82) is 0 Å². The molecule has 0 aliphatic carbocycles. The first-order valence-corrected chi connectivity index (χ1v) is 14.9. The van der Waals surface area contributed by atoms with E-state index in [-0.39, 0.29) is 11.5 Å². The summed E-state index contributed by atoms with van der Waals surface area (Å²) in [5.41, 5.74) is 2.18. The molecule has 1 N–H and O–H groups in total. The third kappa shape index (κ3) is 6.29. The minimum Gasteiger partial charge on any atom is -0.495 e. The number of nitrogens with zero attached hydrogens (tertiary/aromatic N) is 5. The summed E-state index contributed by atoms with van der Waals surface area (Å²) < 4.78 is 46.1. The second kappa shape index (κ2) is 12.7. The highest BCUT2D eigenvalue weighted by Crippen LogP contribution is 2.33. The molecule has 44 heavy (non-hydrogen) atoms. The van der Waals surface area contributed by atoms with E-state index >= 15 is 0 Å². The van der Waals surface area contributed by atoms with E-state index < -0.39 is 17.4 Å². The van der Waals surface area contributed by atoms with Gasteiger partial charge in [-0.2, -0.15) is 13.2 Å². The van der Waals surface area contributed by atoms with Crippen LogP contribution in [0, 0.1) is 0 Å². The lowest BCUT2D eigenvalue weighted by Gasteiger charge is -2.29. The number of rotatable bonds is 7. The van der Waals surface area contributed by atoms with Crippen molar-refractivity contribution in [2.75, 3.05) is 33.3 Å². The first-order valence-electron chi connectivity index (χ1n) is 14.0. The predicted molar refractivity (Wildman–Crippen MR) is 163 cm³/mol. The molecule has 4 aromatic rings. The van der Waals surface area contributed by atoms with Crippen LogP contribution in [-0.4, -0.2) is 63.6 Å². The summed E-state index contributed by atoms with van der Waals surface area (Å²) >= 11 is 1.15. The van der Waals surface area contributed by atoms with Crippen LogP contribution in [0.25, 0.3) is 33.6 Å². The number of ether oxygens (including phenoxy) is 1. The quantitative estimate of drug-likeness (QED) is 0.291. The standard InChI is InChI=1S/C31H31F3N6O3S/c1-5-23-26(13-20(43-4)16-36-23)40-25(12-18(2)3)21(29(41)39-10-8-35-9-11-39)14-22(30(40)42)28-38-24(17-44-28)19-6-7-27(37-15-19)31(32,33)34/h6-7,12-17,35H,5,8-11H2,1-4H3. The Bertz CT molecular complexity index is 1770. The molecule has 230 valence electrons. The van der Waals surface area contributed by atoms with Crippen molar-refractivity contribution in [3.05, 3.63) is 80.6 Å². The molecule has 5 rings (SSSR count). The van der Waals surface area contributed by atoms with Crippen LogP contribution in [0.2, 0.25) is 0 Å². The molecule has 0 saturated carbocycles. The normalized spacial score (nSPS) is 13.6. The molecule has 1 saturated heterocycles. The molecule has 4 aromatic heterocycles. The number of amides is 1. The zero-order chi connectivity index (χ0) is 31.6. The van der Waals surface area contributed by atoms with Gasteiger partial charge in [0.15, 0.2) is 0 Å². The summed E-state index contributed by atoms with van der Waals surface area (Å²) in [6.07, 6.45) is 0.431. The summed E-state index contributed by atoms with van der Waals surface area (Å²) in [5.74, 6) is 0.214. The molecule has 13 heteroatoms. The van der Waals surface area contributed by atoms with Gasteiger partial charge in [0.1, 0.15) is 16.5 Å². The van der Waals surface area contributed by atoms with Crippen LogP contribution in [-0.2, 0) is 12.6 Å². The van der Waals surface area contributed by atoms with Crippen molar-refractivity contribution >= 4 is 23.3 Å². The van der Waals surface area contributed by atoms with Gasteiger partial charge >= 0.3 is 6.18 Å². The maximum atomic E-state index is 14.5. The van der Waals surface area contributed by atoms with Gasteiger partial charge in [0.25, 0.3) is 11.5 Å². The Labute approximate surface area is 256 Å². The van der Waals surface area contributed by atoms with E-state index in [0.29, 0.717) is 77.3 Å². The van der Waals surface area contributed by atoms with Gasteiger partial charge < -0.3 is 15.0 Å². The van der Waals surface area contributed by atoms with E-state index in [9.17, 15) is 22.8 Å². The Hall–Kier alpha value is -4.36. The molecule has 1 aliphatic heterocycles. The fraction of sp³-hybridized carbons (Fsp3) is 0.323. The van der Waals surface area contributed by atoms with Crippen molar-refractivity contribution in [2.45, 2.75) is 33.4 Å². The minimum atomic E-state index is -4.57. The number of hydrogen-bond acceptors (Lipinski definition) is 8. The van der Waals surface area contributed by atoms with Crippen LogP contribution >= 0.6 is 11.3 Å². The Morgan fingerprint density at radius 1 is 1.14 bits per heavy atom. The van der Waals surface area contributed by atoms with Crippen LogP contribution in [0.15, 0.2) is 52.4 Å². The first-order chi connectivity index (χ1) is 21.0. The number of carbonyl (C=O) groups is 1. The van der Waals surface area contributed by atoms with E-state index in [1.807, 2.05) is 20.8 Å². The number of hydrogen-bond donors (Lipinski definition) is 1. The summed E-state index contributed by atoms with van der Waals surface area (Å²) in [5, 5.41) is 5.21. The predicted octanol–water partition coefficient (Wildman–Crippen LogP) is 5.48. The van der Waals surface area contributed by atoms with E-state index in [1.165, 1.54) is 17.7 Å². The number of piperazine rings is 1. The van der Waals surface area contributed by atoms with E-state index in [2.05, 4.69) is 20.3 Å². The van der Waals surface area contributed by atoms with Crippen LogP contribution < -0.4 is 15.6 Å². The summed E-state index contributed by atoms with van der Waals surface area (Å²) in [6, 6.07) is 5.48. The zero-order valence-electron chi connectivity index (χ0n) is 24.7. The van der Waals surface area contributed by atoms with Gasteiger partial charge in [-0.05, 0) is 44.5 Å². The third-order valence-corrected chi connectivity index (χ3v) is 7.99. The van der Waals surface area contributed by atoms with Gasteiger partial charge in [-0.3, -0.25) is 24.1 Å². The molecular formula is C31H31F3N6O3S. The fourth-order valence-corrected chi connectivity index (χ4v) is 5.77. The lowest BCUT2D eigenvalue weighted by molar-refractivity contribution is -0.141. The van der Waals surface area contributed by atoms with Crippen molar-refractivity contribution in [1.82, 2.24) is 29.7 Å². The molecule has 0 bridgehead atoms. The van der Waals surface area contributed by atoms with Crippen LogP contribution in [0.3, 0.4) is 0 Å². The SMILES string of the molecule is CCc1ncc(OC)cc1-n1c(C=C(C)C)c(C(=O)N2CCNCC2)cc(-c2nc(-c3ccc(C(F)(F)F)nc3)cs2)c1=O. The molecule has 0 spiro atoms. The van der Waals surface area contributed by atoms with E-state index in [1.54, 1.807) is 34.7 Å². The highest BCUT2D eigenvalue weighted by molar-refractivity contribution is 7.13. The summed E-state index contributed by atoms with van der Waals surface area (Å²) in [4.78, 5) is 43.0. The minimum absolute atomic E-state index is 0.176. The van der Waals surface area contributed by atoms with Crippen LogP contribution in [0.4, 0.5) is 13.2 Å². The number of alkyl halides is 3. The number of thiazole rings is 1. The molecule has 0 aromatic carbocycles. The highest BCUT2D eigenvalue weighted by atomic mass is 32.1. The van der Waals surface area contributed by atoms with Crippen LogP contribution in [0.1, 0.15) is 48.2 Å². The van der Waals surface area contributed by atoms with E-state index in [0.717, 1.165) is 29.2 Å². The topological polar surface area (TPSA) is 102 Å². The number of nitrogens with one attached hydrogen (secondary N) is 1. The number of carbonyl (C=O) groups excluding carboxylic acids is 1. The van der Waals surface area contributed by atoms with Gasteiger partial charge in [-0.1, -0.05) is 12.5 Å². The zero-order valence-corrected chi connectivity index (χ0v) is 25.5. The molecule has 5 heterocycles. The number of allylic oxidation sites excluding steroid dienone is 1. The lowest BCUT2D eigenvalue weighted by atomic mass is 10.0. The highest BCUT2D eigenvalue weighted by Gasteiger charge is 2.32. The molecule has 1 amide bonds. The van der Waals surface area contributed by atoms with Gasteiger partial charge in [0, 0.05) is 49.4 Å². The molecular weight excluding hydrogens is 593 g/mol. The Morgan fingerprint density at radius 3 is 2.50 bits per heavy atom. The Kier molecular flexibility index (Phi) is 8.97. The maximum Gasteiger partial charge on any atom is 0.433 e. The van der Waals surface area contributed by atoms with Crippen molar-refractivity contribution < 1.29 is 22.7 Å². The van der Waals surface area contributed by atoms with Crippen molar-refractivity contribution in [3.63, 3.8) is 0 Å². The average molecular weight is 625 g/mol. The monoisotopic (exact) mass is 624 g/mol. The number of methoxy groups -OCH3 is 1. The number of aryl methyl sites for hydroxylation is 1.